The van der Waals surface area contributed by atoms with Gasteiger partial charge in [0.05, 0.1) is 4.91 Å². The molecule has 0 unspecified atom stereocenters. The van der Waals surface area contributed by atoms with Crippen LogP contribution in [0.3, 0.4) is 0 Å². The first-order valence-electron chi connectivity index (χ1n) is 10.2. The first-order valence-corrected chi connectivity index (χ1v) is 12.3. The zero-order chi connectivity index (χ0) is 22.5. The Morgan fingerprint density at radius 1 is 1.16 bits per heavy atom. The van der Waals surface area contributed by atoms with E-state index in [0.717, 1.165) is 27.7 Å². The van der Waals surface area contributed by atoms with Crippen molar-refractivity contribution >= 4 is 57.0 Å². The van der Waals surface area contributed by atoms with Crippen LogP contribution >= 0.6 is 39.3 Å². The molecule has 1 fully saturated rings. The molecule has 0 bridgehead atoms. The van der Waals surface area contributed by atoms with E-state index in [0.29, 0.717) is 22.3 Å². The van der Waals surface area contributed by atoms with E-state index in [9.17, 15) is 4.79 Å². The number of anilines is 1. The van der Waals surface area contributed by atoms with Crippen molar-refractivity contribution in [3.63, 3.8) is 0 Å². The molecule has 3 aromatic carbocycles. The van der Waals surface area contributed by atoms with Gasteiger partial charge in [-0.1, -0.05) is 76.5 Å². The molecule has 0 aromatic heterocycles. The summed E-state index contributed by atoms with van der Waals surface area (Å²) >= 11 is 11.2. The Morgan fingerprint density at radius 3 is 2.69 bits per heavy atom. The molecule has 0 spiro atoms. The van der Waals surface area contributed by atoms with Crippen molar-refractivity contribution in [1.29, 1.82) is 0 Å². The van der Waals surface area contributed by atoms with Gasteiger partial charge in [0.2, 0.25) is 0 Å². The molecule has 1 aliphatic rings. The summed E-state index contributed by atoms with van der Waals surface area (Å²) in [5, 5.41) is 6.99. The SMILES string of the molecule is CCc1ccc(N[C@@H]2NC(=O)/C(=C/c3cc(Br)ccc3OCc3ccccc3Cl)S2)cc1. The zero-order valence-electron chi connectivity index (χ0n) is 17.4. The van der Waals surface area contributed by atoms with Gasteiger partial charge in [-0.2, -0.15) is 0 Å². The lowest BCUT2D eigenvalue weighted by Crippen LogP contribution is -2.30. The lowest BCUT2D eigenvalue weighted by atomic mass is 10.1. The number of hydrogen-bond acceptors (Lipinski definition) is 4. The van der Waals surface area contributed by atoms with Crippen LogP contribution < -0.4 is 15.4 Å². The van der Waals surface area contributed by atoms with E-state index in [4.69, 9.17) is 16.3 Å². The molecule has 4 rings (SSSR count). The van der Waals surface area contributed by atoms with Crippen LogP contribution in [0.15, 0.2) is 76.1 Å². The number of halogens is 2. The van der Waals surface area contributed by atoms with Crippen LogP contribution in [-0.2, 0) is 17.8 Å². The number of amides is 1. The second-order valence-electron chi connectivity index (χ2n) is 7.24. The van der Waals surface area contributed by atoms with E-state index in [2.05, 4.69) is 45.6 Å². The predicted octanol–water partition coefficient (Wildman–Crippen LogP) is 6.84. The average molecular weight is 530 g/mol. The highest BCUT2D eigenvalue weighted by atomic mass is 79.9. The second kappa shape index (κ2) is 10.5. The van der Waals surface area contributed by atoms with Gasteiger partial charge in [-0.25, -0.2) is 0 Å². The summed E-state index contributed by atoms with van der Waals surface area (Å²) < 4.78 is 6.95. The first kappa shape index (κ1) is 22.8. The third-order valence-electron chi connectivity index (χ3n) is 4.99. The molecule has 1 heterocycles. The first-order chi connectivity index (χ1) is 15.5. The van der Waals surface area contributed by atoms with E-state index in [1.807, 2.05) is 60.7 Å². The highest BCUT2D eigenvalue weighted by Crippen LogP contribution is 2.34. The lowest BCUT2D eigenvalue weighted by molar-refractivity contribution is -0.116. The van der Waals surface area contributed by atoms with Crippen LogP contribution in [-0.4, -0.2) is 11.4 Å². The van der Waals surface area contributed by atoms with Crippen LogP contribution in [0.4, 0.5) is 5.69 Å². The van der Waals surface area contributed by atoms with Gasteiger partial charge < -0.3 is 15.4 Å². The third kappa shape index (κ3) is 5.68. The van der Waals surface area contributed by atoms with Crippen molar-refractivity contribution in [3.8, 4) is 5.75 Å². The van der Waals surface area contributed by atoms with Crippen LogP contribution in [0, 0.1) is 0 Å². The summed E-state index contributed by atoms with van der Waals surface area (Å²) in [5.41, 5.74) is 3.73. The summed E-state index contributed by atoms with van der Waals surface area (Å²) in [5.74, 6) is 0.565. The monoisotopic (exact) mass is 528 g/mol. The van der Waals surface area contributed by atoms with Crippen molar-refractivity contribution < 1.29 is 9.53 Å². The normalized spacial score (nSPS) is 16.8. The van der Waals surface area contributed by atoms with Crippen molar-refractivity contribution in [2.45, 2.75) is 25.4 Å². The number of nitrogens with one attached hydrogen (secondary N) is 2. The van der Waals surface area contributed by atoms with Gasteiger partial charge in [-0.15, -0.1) is 0 Å². The molecular weight excluding hydrogens is 508 g/mol. The van der Waals surface area contributed by atoms with Gasteiger partial charge >= 0.3 is 0 Å². The topological polar surface area (TPSA) is 50.4 Å². The van der Waals surface area contributed by atoms with Gasteiger partial charge in [0.25, 0.3) is 5.91 Å². The predicted molar refractivity (Wildman–Crippen MR) is 137 cm³/mol. The fourth-order valence-electron chi connectivity index (χ4n) is 3.23. The molecule has 164 valence electrons. The maximum absolute atomic E-state index is 12.6. The van der Waals surface area contributed by atoms with Crippen LogP contribution in [0.2, 0.25) is 5.02 Å². The molecule has 1 aliphatic heterocycles. The summed E-state index contributed by atoms with van der Waals surface area (Å²) in [6, 6.07) is 21.6. The number of ether oxygens (including phenoxy) is 1. The van der Waals surface area contributed by atoms with Crippen LogP contribution in [0.5, 0.6) is 5.75 Å². The molecule has 1 saturated heterocycles. The maximum atomic E-state index is 12.6. The summed E-state index contributed by atoms with van der Waals surface area (Å²) in [6.45, 7) is 2.47. The molecule has 0 aliphatic carbocycles. The van der Waals surface area contributed by atoms with Crippen molar-refractivity contribution in [1.82, 2.24) is 5.32 Å². The molecule has 0 radical (unpaired) electrons. The Morgan fingerprint density at radius 2 is 1.94 bits per heavy atom. The molecule has 4 nitrogen and oxygen atoms in total. The lowest BCUT2D eigenvalue weighted by Gasteiger charge is -2.13. The Hall–Kier alpha value is -2.41. The largest absolute Gasteiger partial charge is 0.488 e. The summed E-state index contributed by atoms with van der Waals surface area (Å²) in [4.78, 5) is 13.2. The van der Waals surface area contributed by atoms with E-state index in [-0.39, 0.29) is 11.4 Å². The summed E-state index contributed by atoms with van der Waals surface area (Å²) in [6.07, 6.45) is 2.85. The van der Waals surface area contributed by atoms with E-state index < -0.39 is 0 Å². The molecule has 1 atom stereocenters. The average Bonchev–Trinajstić information content (AvgIpc) is 3.13. The number of rotatable bonds is 7. The standard InChI is InChI=1S/C25H22BrClN2O2S/c1-2-16-7-10-20(11-8-16)28-25-29-24(30)23(32-25)14-18-13-19(26)9-12-22(18)31-15-17-5-3-4-6-21(17)27/h3-14,25,28H,2,15H2,1H3,(H,29,30)/b23-14-/t25-/m1/s1. The van der Waals surface area contributed by atoms with Gasteiger partial charge in [0.15, 0.2) is 5.50 Å². The Bertz CT molecular complexity index is 1150. The number of hydrogen-bond donors (Lipinski definition) is 2. The van der Waals surface area contributed by atoms with E-state index in [1.165, 1.54) is 17.3 Å². The minimum Gasteiger partial charge on any atom is -0.488 e. The Balaban J connectivity index is 1.49. The van der Waals surface area contributed by atoms with E-state index in [1.54, 1.807) is 0 Å². The highest BCUT2D eigenvalue weighted by molar-refractivity contribution is 9.10. The van der Waals surface area contributed by atoms with Crippen LogP contribution in [0.25, 0.3) is 6.08 Å². The summed E-state index contributed by atoms with van der Waals surface area (Å²) in [7, 11) is 0. The number of carbonyl (C=O) groups is 1. The van der Waals surface area contributed by atoms with Crippen molar-refractivity contribution in [3.05, 3.63) is 97.8 Å². The zero-order valence-corrected chi connectivity index (χ0v) is 20.6. The Kier molecular flexibility index (Phi) is 7.45. The molecule has 2 N–H and O–H groups in total. The number of benzene rings is 3. The third-order valence-corrected chi connectivity index (χ3v) is 6.88. The van der Waals surface area contributed by atoms with Gasteiger partial charge in [-0.3, -0.25) is 4.79 Å². The quantitative estimate of drug-likeness (QED) is 0.329. The minimum atomic E-state index is -0.235. The maximum Gasteiger partial charge on any atom is 0.260 e. The van der Waals surface area contributed by atoms with Crippen LogP contribution in [0.1, 0.15) is 23.6 Å². The molecule has 32 heavy (non-hydrogen) atoms. The molecule has 3 aromatic rings. The number of thioether (sulfide) groups is 1. The smallest absolute Gasteiger partial charge is 0.260 e. The molecule has 0 saturated carbocycles. The van der Waals surface area contributed by atoms with Crippen molar-refractivity contribution in [2.75, 3.05) is 5.32 Å². The minimum absolute atomic E-state index is 0.116. The van der Waals surface area contributed by atoms with E-state index >= 15 is 0 Å². The molecule has 7 heteroatoms. The fraction of sp³-hybridized carbons (Fsp3) is 0.160. The highest BCUT2D eigenvalue weighted by Gasteiger charge is 2.27. The van der Waals surface area contributed by atoms with Gasteiger partial charge in [-0.05, 0) is 54.5 Å². The molecule has 1 amide bonds. The number of carbonyl (C=O) groups excluding carboxylic acids is 1. The fourth-order valence-corrected chi connectivity index (χ4v) is 4.77. The van der Waals surface area contributed by atoms with Crippen molar-refractivity contribution in [2.24, 2.45) is 0 Å². The van der Waals surface area contributed by atoms with Gasteiger partial charge in [0, 0.05) is 26.3 Å². The van der Waals surface area contributed by atoms with Gasteiger partial charge in [0.1, 0.15) is 12.4 Å². The Labute approximate surface area is 205 Å². The second-order valence-corrected chi connectivity index (χ2v) is 9.71. The number of aryl methyl sites for hydroxylation is 1. The molecular formula is C25H22BrClN2O2S.